The Balaban J connectivity index is 1.53. The first-order valence-electron chi connectivity index (χ1n) is 7.69. The summed E-state index contributed by atoms with van der Waals surface area (Å²) in [6, 6.07) is 0. The summed E-state index contributed by atoms with van der Waals surface area (Å²) in [6.45, 7) is 3.08. The summed E-state index contributed by atoms with van der Waals surface area (Å²) >= 11 is 0. The topological polar surface area (TPSA) is 58.0 Å². The summed E-state index contributed by atoms with van der Waals surface area (Å²) in [7, 11) is 3.90. The van der Waals surface area contributed by atoms with Crippen LogP contribution in [0.1, 0.15) is 30.0 Å². The van der Waals surface area contributed by atoms with Gasteiger partial charge in [0.2, 0.25) is 5.95 Å². The zero-order chi connectivity index (χ0) is 15.4. The maximum Gasteiger partial charge on any atom is 0.224 e. The van der Waals surface area contributed by atoms with Crippen LogP contribution in [0.15, 0.2) is 31.0 Å². The van der Waals surface area contributed by atoms with Gasteiger partial charge in [-0.3, -0.25) is 14.9 Å². The van der Waals surface area contributed by atoms with Crippen LogP contribution in [0.5, 0.6) is 0 Å². The second kappa shape index (κ2) is 6.79. The van der Waals surface area contributed by atoms with Crippen molar-refractivity contribution in [2.24, 2.45) is 0 Å². The van der Waals surface area contributed by atoms with Crippen LogP contribution in [-0.2, 0) is 6.54 Å². The smallest absolute Gasteiger partial charge is 0.224 e. The minimum atomic E-state index is 0.539. The fourth-order valence-corrected chi connectivity index (χ4v) is 2.83. The molecule has 22 heavy (non-hydrogen) atoms. The lowest BCUT2D eigenvalue weighted by atomic mass is 9.93. The number of anilines is 1. The lowest BCUT2D eigenvalue weighted by molar-refractivity contribution is 0.203. The molecule has 0 aliphatic carbocycles. The van der Waals surface area contributed by atoms with E-state index in [4.69, 9.17) is 0 Å². The van der Waals surface area contributed by atoms with Gasteiger partial charge in [-0.15, -0.1) is 0 Å². The quantitative estimate of drug-likeness (QED) is 0.856. The third-order valence-electron chi connectivity index (χ3n) is 4.09. The van der Waals surface area contributed by atoms with Gasteiger partial charge in [0.15, 0.2) is 0 Å². The van der Waals surface area contributed by atoms with Gasteiger partial charge in [-0.25, -0.2) is 9.97 Å². The molecule has 2 aromatic heterocycles. The molecule has 1 saturated heterocycles. The number of aromatic nitrogens is 4. The molecule has 3 rings (SSSR count). The molecule has 2 aromatic rings. The molecule has 0 radical (unpaired) electrons. The first-order chi connectivity index (χ1) is 10.7. The largest absolute Gasteiger partial charge is 0.347 e. The van der Waals surface area contributed by atoms with E-state index in [1.54, 1.807) is 12.4 Å². The van der Waals surface area contributed by atoms with E-state index in [2.05, 4.69) is 24.8 Å². The average Bonchev–Trinajstić information content (AvgIpc) is 2.57. The highest BCUT2D eigenvalue weighted by Crippen LogP contribution is 2.26. The van der Waals surface area contributed by atoms with Gasteiger partial charge in [0, 0.05) is 63.1 Å². The normalized spacial score (nSPS) is 16.6. The third-order valence-corrected chi connectivity index (χ3v) is 4.09. The summed E-state index contributed by atoms with van der Waals surface area (Å²) in [5, 5.41) is 0. The SMILES string of the molecule is CN(C)c1ncc(CN2CCC(c3cnccn3)CC2)cn1. The molecule has 3 heterocycles. The molecule has 0 aromatic carbocycles. The highest BCUT2D eigenvalue weighted by Gasteiger charge is 2.21. The van der Waals surface area contributed by atoms with Crippen LogP contribution in [0.4, 0.5) is 5.95 Å². The summed E-state index contributed by atoms with van der Waals surface area (Å²) < 4.78 is 0. The average molecular weight is 298 g/mol. The van der Waals surface area contributed by atoms with Crippen molar-refractivity contribution in [3.05, 3.63) is 42.2 Å². The standard InChI is InChI=1S/C16H22N6/c1-21(2)16-19-9-13(10-20-16)12-22-7-3-14(4-8-22)15-11-17-5-6-18-15/h5-6,9-11,14H,3-4,7-8,12H2,1-2H3. The Morgan fingerprint density at radius 3 is 2.36 bits per heavy atom. The number of piperidine rings is 1. The summed E-state index contributed by atoms with van der Waals surface area (Å²) in [5.41, 5.74) is 2.30. The number of hydrogen-bond donors (Lipinski definition) is 0. The Kier molecular flexibility index (Phi) is 4.58. The minimum Gasteiger partial charge on any atom is -0.347 e. The van der Waals surface area contributed by atoms with Crippen LogP contribution >= 0.6 is 0 Å². The van der Waals surface area contributed by atoms with Crippen molar-refractivity contribution >= 4 is 5.95 Å². The van der Waals surface area contributed by atoms with Crippen molar-refractivity contribution < 1.29 is 0 Å². The number of likely N-dealkylation sites (tertiary alicyclic amines) is 1. The Hall–Kier alpha value is -2.08. The van der Waals surface area contributed by atoms with Crippen LogP contribution in [0.3, 0.4) is 0 Å². The molecule has 1 fully saturated rings. The zero-order valence-corrected chi connectivity index (χ0v) is 13.2. The van der Waals surface area contributed by atoms with Crippen molar-refractivity contribution in [1.29, 1.82) is 0 Å². The molecule has 6 heteroatoms. The molecule has 0 saturated carbocycles. The van der Waals surface area contributed by atoms with Crippen LogP contribution < -0.4 is 4.90 Å². The maximum absolute atomic E-state index is 4.43. The molecular weight excluding hydrogens is 276 g/mol. The lowest BCUT2D eigenvalue weighted by Gasteiger charge is -2.31. The van der Waals surface area contributed by atoms with E-state index in [9.17, 15) is 0 Å². The van der Waals surface area contributed by atoms with Gasteiger partial charge in [-0.1, -0.05) is 0 Å². The monoisotopic (exact) mass is 298 g/mol. The molecular formula is C16H22N6. The minimum absolute atomic E-state index is 0.539. The molecule has 116 valence electrons. The van der Waals surface area contributed by atoms with Crippen LogP contribution in [0.25, 0.3) is 0 Å². The lowest BCUT2D eigenvalue weighted by Crippen LogP contribution is -2.32. The fourth-order valence-electron chi connectivity index (χ4n) is 2.83. The fraction of sp³-hybridized carbons (Fsp3) is 0.500. The van der Waals surface area contributed by atoms with Gasteiger partial charge in [-0.2, -0.15) is 0 Å². The number of rotatable bonds is 4. The molecule has 0 N–H and O–H groups in total. The van der Waals surface area contributed by atoms with E-state index in [0.29, 0.717) is 5.92 Å². The van der Waals surface area contributed by atoms with Crippen molar-refractivity contribution in [3.8, 4) is 0 Å². The molecule has 1 aliphatic heterocycles. The second-order valence-corrected chi connectivity index (χ2v) is 5.97. The van der Waals surface area contributed by atoms with E-state index in [0.717, 1.165) is 44.1 Å². The van der Waals surface area contributed by atoms with Gasteiger partial charge in [-0.05, 0) is 25.9 Å². The van der Waals surface area contributed by atoms with E-state index >= 15 is 0 Å². The summed E-state index contributed by atoms with van der Waals surface area (Å²) in [4.78, 5) is 21.7. The molecule has 0 bridgehead atoms. The van der Waals surface area contributed by atoms with Gasteiger partial charge < -0.3 is 4.90 Å². The second-order valence-electron chi connectivity index (χ2n) is 5.97. The van der Waals surface area contributed by atoms with E-state index in [1.165, 1.54) is 5.56 Å². The van der Waals surface area contributed by atoms with Crippen molar-refractivity contribution in [2.45, 2.75) is 25.3 Å². The predicted octanol–water partition coefficient (Wildman–Crippen LogP) is 1.71. The Morgan fingerprint density at radius 2 is 1.77 bits per heavy atom. The molecule has 0 spiro atoms. The van der Waals surface area contributed by atoms with Crippen molar-refractivity contribution in [1.82, 2.24) is 24.8 Å². The van der Waals surface area contributed by atoms with Crippen molar-refractivity contribution in [3.63, 3.8) is 0 Å². The van der Waals surface area contributed by atoms with Crippen molar-refractivity contribution in [2.75, 3.05) is 32.1 Å². The van der Waals surface area contributed by atoms with Crippen LogP contribution in [0, 0.1) is 0 Å². The maximum atomic E-state index is 4.43. The Labute approximate surface area is 131 Å². The van der Waals surface area contributed by atoms with Gasteiger partial charge in [0.05, 0.1) is 5.69 Å². The zero-order valence-electron chi connectivity index (χ0n) is 13.2. The molecule has 6 nitrogen and oxygen atoms in total. The van der Waals surface area contributed by atoms with Gasteiger partial charge in [0.1, 0.15) is 0 Å². The van der Waals surface area contributed by atoms with Crippen LogP contribution in [0.2, 0.25) is 0 Å². The molecule has 0 atom stereocenters. The first-order valence-corrected chi connectivity index (χ1v) is 7.69. The highest BCUT2D eigenvalue weighted by atomic mass is 15.2. The molecule has 0 amide bonds. The first kappa shape index (κ1) is 14.8. The van der Waals surface area contributed by atoms with Crippen LogP contribution in [-0.4, -0.2) is 52.0 Å². The van der Waals surface area contributed by atoms with E-state index in [-0.39, 0.29) is 0 Å². The van der Waals surface area contributed by atoms with Gasteiger partial charge in [0.25, 0.3) is 0 Å². The van der Waals surface area contributed by atoms with Gasteiger partial charge >= 0.3 is 0 Å². The molecule has 1 aliphatic rings. The summed E-state index contributed by atoms with van der Waals surface area (Å²) in [6.07, 6.45) is 11.5. The third kappa shape index (κ3) is 3.57. The summed E-state index contributed by atoms with van der Waals surface area (Å²) in [5.74, 6) is 1.29. The van der Waals surface area contributed by atoms with E-state index in [1.807, 2.05) is 37.6 Å². The predicted molar refractivity (Wildman–Crippen MR) is 85.6 cm³/mol. The van der Waals surface area contributed by atoms with E-state index < -0.39 is 0 Å². The highest BCUT2D eigenvalue weighted by molar-refractivity contribution is 5.26. The Morgan fingerprint density at radius 1 is 1.05 bits per heavy atom. The Bertz CT molecular complexity index is 575. The molecule has 0 unspecified atom stereocenters. The number of nitrogens with zero attached hydrogens (tertiary/aromatic N) is 6. The number of hydrogen-bond acceptors (Lipinski definition) is 6.